The first-order valence-electron chi connectivity index (χ1n) is 18.4. The summed E-state index contributed by atoms with van der Waals surface area (Å²) in [7, 11) is 0. The van der Waals surface area contributed by atoms with E-state index in [0.717, 1.165) is 42.9 Å². The predicted octanol–water partition coefficient (Wildman–Crippen LogP) is 9.75. The molecule has 1 fully saturated rings. The fourth-order valence-electron chi connectivity index (χ4n) is 8.49. The summed E-state index contributed by atoms with van der Waals surface area (Å²) >= 11 is 0. The van der Waals surface area contributed by atoms with Crippen molar-refractivity contribution in [2.45, 2.75) is 88.4 Å². The van der Waals surface area contributed by atoms with Gasteiger partial charge < -0.3 is 10.6 Å². The molecule has 1 saturated heterocycles. The predicted molar refractivity (Wildman–Crippen MR) is 200 cm³/mol. The molecule has 2 heterocycles. The van der Waals surface area contributed by atoms with E-state index in [9.17, 15) is 0 Å². The van der Waals surface area contributed by atoms with E-state index in [-0.39, 0.29) is 6.17 Å². The Morgan fingerprint density at radius 2 is 1.65 bits per heavy atom. The van der Waals surface area contributed by atoms with E-state index in [1.54, 1.807) is 5.57 Å². The lowest BCUT2D eigenvalue weighted by molar-refractivity contribution is 0.272. The molecule has 0 saturated carbocycles. The molecular formula is C44H48N4. The molecule has 0 aromatic heterocycles. The summed E-state index contributed by atoms with van der Waals surface area (Å²) < 4.78 is 0. The molecular weight excluding hydrogens is 585 g/mol. The number of hydrogen-bond donors (Lipinski definition) is 2. The van der Waals surface area contributed by atoms with Crippen LogP contribution in [0.4, 0.5) is 0 Å². The average Bonchev–Trinajstić information content (AvgIpc) is 3.19. The molecule has 4 nitrogen and oxygen atoms in total. The second kappa shape index (κ2) is 14.5. The quantitative estimate of drug-likeness (QED) is 0.299. The molecule has 0 bridgehead atoms. The van der Waals surface area contributed by atoms with Crippen LogP contribution < -0.4 is 10.6 Å². The van der Waals surface area contributed by atoms with Crippen LogP contribution in [0, 0.1) is 11.8 Å². The van der Waals surface area contributed by atoms with Gasteiger partial charge in [0.1, 0.15) is 12.0 Å². The Kier molecular flexibility index (Phi) is 9.34. The number of aliphatic imine (C=N–C) groups is 2. The Morgan fingerprint density at radius 1 is 0.771 bits per heavy atom. The summed E-state index contributed by atoms with van der Waals surface area (Å²) in [4.78, 5) is 10.4. The highest BCUT2D eigenvalue weighted by atomic mass is 15.2. The fraction of sp³-hybridized carbons (Fsp3) is 0.364. The fourth-order valence-corrected chi connectivity index (χ4v) is 8.49. The summed E-state index contributed by atoms with van der Waals surface area (Å²) in [5, 5.41) is 7.83. The van der Waals surface area contributed by atoms with Crippen LogP contribution in [-0.2, 0) is 0 Å². The van der Waals surface area contributed by atoms with E-state index in [0.29, 0.717) is 29.8 Å². The molecule has 6 unspecified atom stereocenters. The smallest absolute Gasteiger partial charge is 0.159 e. The molecule has 2 aromatic carbocycles. The van der Waals surface area contributed by atoms with E-state index in [2.05, 4.69) is 132 Å². The van der Waals surface area contributed by atoms with Crippen molar-refractivity contribution in [2.75, 3.05) is 0 Å². The molecule has 2 N–H and O–H groups in total. The standard InChI is InChI=1S/C44H48N4/c1-5-15-31(16-6-1)40-28-27-39(41(45-40)32-17-7-2-8-18-32)37-25-13-23-35(29-37)36-24-14-26-38(30-36)44-47-42(33-19-9-3-10-20-33)46-43(48-44)34-21-11-4-12-22-34/h2-3,5,7-11,14-19,21-22,24,26,29-30,33,35,39-42,45H,1,4,6,12-13,20,23,25,27-28H2,(H,46,47,48). The number of amidine groups is 2. The first-order chi connectivity index (χ1) is 23.8. The van der Waals surface area contributed by atoms with Gasteiger partial charge in [0.15, 0.2) is 5.84 Å². The lowest BCUT2D eigenvalue weighted by Gasteiger charge is -2.41. The van der Waals surface area contributed by atoms with Crippen molar-refractivity contribution in [3.8, 4) is 0 Å². The minimum atomic E-state index is -0.0350. The van der Waals surface area contributed by atoms with Crippen LogP contribution >= 0.6 is 0 Å². The lowest BCUT2D eigenvalue weighted by Crippen LogP contribution is -2.43. The van der Waals surface area contributed by atoms with Gasteiger partial charge >= 0.3 is 0 Å². The van der Waals surface area contributed by atoms with Gasteiger partial charge in [-0.1, -0.05) is 121 Å². The lowest BCUT2D eigenvalue weighted by atomic mass is 9.72. The third kappa shape index (κ3) is 6.82. The third-order valence-electron chi connectivity index (χ3n) is 11.0. The largest absolute Gasteiger partial charge is 0.347 e. The zero-order chi connectivity index (χ0) is 32.1. The molecule has 8 rings (SSSR count). The molecule has 4 aliphatic carbocycles. The maximum absolute atomic E-state index is 5.23. The van der Waals surface area contributed by atoms with Gasteiger partial charge in [-0.05, 0) is 92.9 Å². The molecule has 0 radical (unpaired) electrons. The monoisotopic (exact) mass is 632 g/mol. The normalized spacial score (nSPS) is 30.0. The van der Waals surface area contributed by atoms with Crippen LogP contribution in [0.1, 0.15) is 92.9 Å². The maximum Gasteiger partial charge on any atom is 0.159 e. The molecule has 6 atom stereocenters. The Morgan fingerprint density at radius 3 is 2.46 bits per heavy atom. The van der Waals surface area contributed by atoms with Gasteiger partial charge in [0.25, 0.3) is 0 Å². The van der Waals surface area contributed by atoms with Gasteiger partial charge in [-0.15, -0.1) is 0 Å². The number of hydrogen-bond acceptors (Lipinski definition) is 4. The Hall–Kier alpha value is -4.28. The summed E-state index contributed by atoms with van der Waals surface area (Å²) in [5.74, 6) is 3.02. The summed E-state index contributed by atoms with van der Waals surface area (Å²) in [6.07, 6.45) is 36.8. The molecule has 4 heteroatoms. The molecule has 0 amide bonds. The number of rotatable bonds is 7. The molecule has 2 aromatic rings. The summed E-state index contributed by atoms with van der Waals surface area (Å²) in [5.41, 5.74) is 8.21. The van der Waals surface area contributed by atoms with E-state index >= 15 is 0 Å². The van der Waals surface area contributed by atoms with Gasteiger partial charge in [-0.25, -0.2) is 9.98 Å². The van der Waals surface area contributed by atoms with Crippen molar-refractivity contribution in [3.05, 3.63) is 155 Å². The van der Waals surface area contributed by atoms with Crippen LogP contribution in [0.15, 0.2) is 148 Å². The van der Waals surface area contributed by atoms with Crippen molar-refractivity contribution in [2.24, 2.45) is 21.8 Å². The van der Waals surface area contributed by atoms with Crippen LogP contribution in [-0.4, -0.2) is 23.9 Å². The van der Waals surface area contributed by atoms with Crippen LogP contribution in [0.2, 0.25) is 0 Å². The zero-order valence-electron chi connectivity index (χ0n) is 28.0. The molecule has 0 spiro atoms. The molecule has 2 aliphatic heterocycles. The third-order valence-corrected chi connectivity index (χ3v) is 11.0. The van der Waals surface area contributed by atoms with Crippen molar-refractivity contribution in [3.63, 3.8) is 0 Å². The number of nitrogens with zero attached hydrogens (tertiary/aromatic N) is 2. The second-order valence-electron chi connectivity index (χ2n) is 14.2. The number of nitrogens with one attached hydrogen (secondary N) is 2. The van der Waals surface area contributed by atoms with Gasteiger partial charge in [-0.2, -0.15) is 0 Å². The summed E-state index contributed by atoms with van der Waals surface area (Å²) in [6.45, 7) is 0. The topological polar surface area (TPSA) is 48.8 Å². The van der Waals surface area contributed by atoms with Crippen molar-refractivity contribution in [1.29, 1.82) is 0 Å². The van der Waals surface area contributed by atoms with Gasteiger partial charge in [0.2, 0.25) is 0 Å². The number of benzene rings is 2. The highest BCUT2D eigenvalue weighted by Crippen LogP contribution is 2.44. The van der Waals surface area contributed by atoms with Gasteiger partial charge in [0.05, 0.1) is 0 Å². The minimum Gasteiger partial charge on any atom is -0.347 e. The average molecular weight is 633 g/mol. The molecule has 244 valence electrons. The van der Waals surface area contributed by atoms with Gasteiger partial charge in [-0.3, -0.25) is 0 Å². The van der Waals surface area contributed by atoms with Crippen LogP contribution in [0.3, 0.4) is 0 Å². The first-order valence-corrected chi connectivity index (χ1v) is 18.4. The molecule has 6 aliphatic rings. The molecule has 48 heavy (non-hydrogen) atoms. The zero-order valence-corrected chi connectivity index (χ0v) is 28.0. The van der Waals surface area contributed by atoms with Crippen molar-refractivity contribution < 1.29 is 0 Å². The highest BCUT2D eigenvalue weighted by Gasteiger charge is 2.35. The van der Waals surface area contributed by atoms with Crippen LogP contribution in [0.25, 0.3) is 0 Å². The number of allylic oxidation sites excluding steroid dienone is 8. The van der Waals surface area contributed by atoms with E-state index < -0.39 is 0 Å². The van der Waals surface area contributed by atoms with Gasteiger partial charge in [0, 0.05) is 35.1 Å². The highest BCUT2D eigenvalue weighted by molar-refractivity contribution is 6.13. The van der Waals surface area contributed by atoms with Crippen LogP contribution in [0.5, 0.6) is 0 Å². The Balaban J connectivity index is 1.08. The maximum atomic E-state index is 5.23. The SMILES string of the molecule is C1=CCC(C2N=C(c3cccc(C4C=C(C5CCC(C6=CCCC=C6)NC5c5ccccc5)CCC4)c3)N=C(C3=CCCC=C3)N2)C=C1. The minimum absolute atomic E-state index is 0.0350. The Labute approximate surface area is 286 Å². The van der Waals surface area contributed by atoms with E-state index in [1.165, 1.54) is 60.8 Å². The summed E-state index contributed by atoms with van der Waals surface area (Å²) in [6, 6.07) is 21.1. The van der Waals surface area contributed by atoms with Crippen molar-refractivity contribution >= 4 is 11.7 Å². The van der Waals surface area contributed by atoms with Crippen molar-refractivity contribution in [1.82, 2.24) is 10.6 Å². The van der Waals surface area contributed by atoms with E-state index in [1.807, 2.05) is 0 Å². The number of piperidine rings is 1. The second-order valence-corrected chi connectivity index (χ2v) is 14.2. The van der Waals surface area contributed by atoms with E-state index in [4.69, 9.17) is 9.98 Å². The Bertz CT molecular complexity index is 1760. The first kappa shape index (κ1) is 31.0.